The van der Waals surface area contributed by atoms with E-state index in [-0.39, 0.29) is 6.42 Å². The maximum absolute atomic E-state index is 10.6. The molecule has 1 heterocycles. The molecule has 1 aromatic carbocycles. The molecule has 86 valence electrons. The van der Waals surface area contributed by atoms with Crippen LogP contribution in [0.25, 0.3) is 0 Å². The van der Waals surface area contributed by atoms with Gasteiger partial charge in [0.15, 0.2) is 0 Å². The molecule has 1 saturated heterocycles. The molecular weight excluding hydrogens is 224 g/mol. The summed E-state index contributed by atoms with van der Waals surface area (Å²) in [5, 5.41) is 8.68. The molecule has 2 rings (SSSR count). The second kappa shape index (κ2) is 5.25. The number of aliphatic carboxylic acids is 1. The van der Waals surface area contributed by atoms with E-state index < -0.39 is 5.97 Å². The Morgan fingerprint density at radius 1 is 1.50 bits per heavy atom. The van der Waals surface area contributed by atoms with Crippen LogP contribution in [0.1, 0.15) is 5.56 Å². The predicted molar refractivity (Wildman–Crippen MR) is 64.1 cm³/mol. The lowest BCUT2D eigenvalue weighted by Crippen LogP contribution is -2.25. The molecule has 1 fully saturated rings. The first-order chi connectivity index (χ1) is 7.74. The Balaban J connectivity index is 1.89. The van der Waals surface area contributed by atoms with Crippen LogP contribution in [0.2, 0.25) is 0 Å². The van der Waals surface area contributed by atoms with Crippen molar-refractivity contribution in [3.05, 3.63) is 29.8 Å². The highest BCUT2D eigenvalue weighted by Crippen LogP contribution is 2.25. The fraction of sp³-hybridized carbons (Fsp3) is 0.417. The minimum absolute atomic E-state index is 0.0521. The van der Waals surface area contributed by atoms with E-state index in [1.807, 2.05) is 23.9 Å². The zero-order valence-corrected chi connectivity index (χ0v) is 9.70. The van der Waals surface area contributed by atoms with E-state index in [0.29, 0.717) is 5.92 Å². The highest BCUT2D eigenvalue weighted by atomic mass is 32.2. The van der Waals surface area contributed by atoms with Crippen molar-refractivity contribution in [2.45, 2.75) is 6.42 Å². The summed E-state index contributed by atoms with van der Waals surface area (Å²) >= 11 is 1.93. The van der Waals surface area contributed by atoms with E-state index in [2.05, 4.69) is 0 Å². The molecule has 0 spiro atoms. The zero-order chi connectivity index (χ0) is 11.4. The first-order valence-corrected chi connectivity index (χ1v) is 6.41. The van der Waals surface area contributed by atoms with Crippen LogP contribution < -0.4 is 4.74 Å². The summed E-state index contributed by atoms with van der Waals surface area (Å²) in [4.78, 5) is 10.6. The summed E-state index contributed by atoms with van der Waals surface area (Å²) in [6, 6.07) is 7.32. The third-order valence-corrected chi connectivity index (χ3v) is 3.86. The quantitative estimate of drug-likeness (QED) is 0.853. The number of carboxylic acid groups (broad SMARTS) is 1. The van der Waals surface area contributed by atoms with E-state index in [0.717, 1.165) is 17.9 Å². The fourth-order valence-electron chi connectivity index (χ4n) is 1.51. The highest BCUT2D eigenvalue weighted by Gasteiger charge is 2.18. The molecule has 3 nitrogen and oxygen atoms in total. The molecule has 0 aliphatic carbocycles. The van der Waals surface area contributed by atoms with Crippen LogP contribution in [0.5, 0.6) is 5.75 Å². The average Bonchev–Trinajstić information content (AvgIpc) is 2.14. The molecule has 1 aromatic rings. The lowest BCUT2D eigenvalue weighted by atomic mass is 10.1. The largest absolute Gasteiger partial charge is 0.493 e. The topological polar surface area (TPSA) is 46.5 Å². The van der Waals surface area contributed by atoms with Gasteiger partial charge in [-0.1, -0.05) is 12.1 Å². The Morgan fingerprint density at radius 3 is 2.94 bits per heavy atom. The number of rotatable bonds is 5. The number of hydrogen-bond donors (Lipinski definition) is 1. The minimum atomic E-state index is -0.812. The average molecular weight is 238 g/mol. The van der Waals surface area contributed by atoms with Gasteiger partial charge in [-0.2, -0.15) is 11.8 Å². The summed E-state index contributed by atoms with van der Waals surface area (Å²) in [5.74, 6) is 2.97. The van der Waals surface area contributed by atoms with Gasteiger partial charge in [0.1, 0.15) is 5.75 Å². The van der Waals surface area contributed by atoms with Crippen molar-refractivity contribution in [1.82, 2.24) is 0 Å². The lowest BCUT2D eigenvalue weighted by molar-refractivity contribution is -0.136. The smallest absolute Gasteiger partial charge is 0.307 e. The minimum Gasteiger partial charge on any atom is -0.493 e. The van der Waals surface area contributed by atoms with Crippen LogP contribution in [-0.2, 0) is 11.2 Å². The van der Waals surface area contributed by atoms with Crippen LogP contribution in [0, 0.1) is 5.92 Å². The fourth-order valence-corrected chi connectivity index (χ4v) is 2.28. The van der Waals surface area contributed by atoms with Gasteiger partial charge in [-0.15, -0.1) is 0 Å². The first kappa shape index (κ1) is 11.3. The van der Waals surface area contributed by atoms with Crippen molar-refractivity contribution >= 4 is 17.7 Å². The number of carbonyl (C=O) groups is 1. The van der Waals surface area contributed by atoms with Crippen molar-refractivity contribution in [3.8, 4) is 5.75 Å². The first-order valence-electron chi connectivity index (χ1n) is 5.25. The van der Waals surface area contributed by atoms with Crippen molar-refractivity contribution in [3.63, 3.8) is 0 Å². The summed E-state index contributed by atoms with van der Waals surface area (Å²) in [5.41, 5.74) is 0.785. The van der Waals surface area contributed by atoms with Gasteiger partial charge in [-0.3, -0.25) is 4.79 Å². The van der Waals surface area contributed by atoms with Gasteiger partial charge in [-0.05, 0) is 17.7 Å². The third kappa shape index (κ3) is 3.17. The molecule has 1 N–H and O–H groups in total. The van der Waals surface area contributed by atoms with E-state index in [4.69, 9.17) is 9.84 Å². The van der Waals surface area contributed by atoms with Crippen molar-refractivity contribution < 1.29 is 14.6 Å². The van der Waals surface area contributed by atoms with E-state index in [1.165, 1.54) is 11.5 Å². The van der Waals surface area contributed by atoms with E-state index in [1.54, 1.807) is 12.1 Å². The van der Waals surface area contributed by atoms with Gasteiger partial charge in [0.05, 0.1) is 13.0 Å². The Labute approximate surface area is 98.8 Å². The Hall–Kier alpha value is -1.16. The Kier molecular flexibility index (Phi) is 3.72. The van der Waals surface area contributed by atoms with Crippen LogP contribution in [0.15, 0.2) is 24.3 Å². The predicted octanol–water partition coefficient (Wildman–Crippen LogP) is 2.06. The van der Waals surface area contributed by atoms with Crippen LogP contribution in [-0.4, -0.2) is 29.2 Å². The Bertz CT molecular complexity index is 374. The lowest BCUT2D eigenvalue weighted by Gasteiger charge is -2.24. The SMILES string of the molecule is O=C(O)Cc1cccc(OCC2CSC2)c1. The normalized spacial score (nSPS) is 15.5. The summed E-state index contributed by atoms with van der Waals surface area (Å²) in [6.45, 7) is 0.740. The molecule has 0 amide bonds. The van der Waals surface area contributed by atoms with Crippen molar-refractivity contribution in [2.75, 3.05) is 18.1 Å². The standard InChI is InChI=1S/C12H14O3S/c13-12(14)5-9-2-1-3-11(4-9)15-6-10-7-16-8-10/h1-4,10H,5-8H2,(H,13,14). The van der Waals surface area contributed by atoms with Gasteiger partial charge in [0, 0.05) is 17.4 Å². The van der Waals surface area contributed by atoms with Gasteiger partial charge >= 0.3 is 5.97 Å². The summed E-state index contributed by atoms with van der Waals surface area (Å²) < 4.78 is 5.63. The molecule has 0 unspecified atom stereocenters. The molecule has 0 atom stereocenters. The molecule has 1 aliphatic rings. The maximum atomic E-state index is 10.6. The molecule has 0 saturated carbocycles. The van der Waals surface area contributed by atoms with Crippen molar-refractivity contribution in [2.24, 2.45) is 5.92 Å². The molecule has 4 heteroatoms. The van der Waals surface area contributed by atoms with Gasteiger partial charge in [0.25, 0.3) is 0 Å². The number of ether oxygens (including phenoxy) is 1. The second-order valence-electron chi connectivity index (χ2n) is 3.93. The molecule has 0 bridgehead atoms. The van der Waals surface area contributed by atoms with Gasteiger partial charge < -0.3 is 9.84 Å². The van der Waals surface area contributed by atoms with Crippen molar-refractivity contribution in [1.29, 1.82) is 0 Å². The highest BCUT2D eigenvalue weighted by molar-refractivity contribution is 8.00. The van der Waals surface area contributed by atoms with Gasteiger partial charge in [0.2, 0.25) is 0 Å². The van der Waals surface area contributed by atoms with E-state index >= 15 is 0 Å². The van der Waals surface area contributed by atoms with E-state index in [9.17, 15) is 4.79 Å². The molecule has 0 radical (unpaired) electrons. The summed E-state index contributed by atoms with van der Waals surface area (Å²) in [6.07, 6.45) is 0.0521. The second-order valence-corrected chi connectivity index (χ2v) is 5.01. The molecule has 0 aromatic heterocycles. The number of thioether (sulfide) groups is 1. The van der Waals surface area contributed by atoms with Crippen LogP contribution in [0.3, 0.4) is 0 Å². The zero-order valence-electron chi connectivity index (χ0n) is 8.89. The molecule has 1 aliphatic heterocycles. The molecule has 16 heavy (non-hydrogen) atoms. The molecular formula is C12H14O3S. The third-order valence-electron chi connectivity index (χ3n) is 2.45. The number of benzene rings is 1. The summed E-state index contributed by atoms with van der Waals surface area (Å²) in [7, 11) is 0. The monoisotopic (exact) mass is 238 g/mol. The van der Waals surface area contributed by atoms with Crippen LogP contribution >= 0.6 is 11.8 Å². The maximum Gasteiger partial charge on any atom is 0.307 e. The van der Waals surface area contributed by atoms with Crippen LogP contribution in [0.4, 0.5) is 0 Å². The number of hydrogen-bond acceptors (Lipinski definition) is 3. The number of carboxylic acids is 1. The van der Waals surface area contributed by atoms with Gasteiger partial charge in [-0.25, -0.2) is 0 Å². The Morgan fingerprint density at radius 2 is 2.31 bits per heavy atom.